The van der Waals surface area contributed by atoms with E-state index in [0.29, 0.717) is 5.69 Å². The van der Waals surface area contributed by atoms with Crippen LogP contribution in [0.15, 0.2) is 23.2 Å². The van der Waals surface area contributed by atoms with Crippen molar-refractivity contribution < 1.29 is 22.7 Å². The largest absolute Gasteiger partial charge is 0.442 e. The molecule has 0 fully saturated rings. The molecule has 1 aromatic heterocycles. The summed E-state index contributed by atoms with van der Waals surface area (Å²) in [5, 5.41) is 2.84. The number of benzene rings is 1. The number of aromatic nitrogens is 1. The maximum absolute atomic E-state index is 13.0. The fraction of sp³-hybridized carbons (Fsp3) is 0.455. The van der Waals surface area contributed by atoms with E-state index >= 15 is 0 Å². The summed E-state index contributed by atoms with van der Waals surface area (Å²) < 4.78 is 34.6. The van der Waals surface area contributed by atoms with Crippen molar-refractivity contribution in [2.24, 2.45) is 0 Å². The highest BCUT2D eigenvalue weighted by Crippen LogP contribution is 2.38. The number of fused-ring (bicyclic) bond motifs is 3. The van der Waals surface area contributed by atoms with Crippen molar-refractivity contribution in [2.45, 2.75) is 69.3 Å². The summed E-state index contributed by atoms with van der Waals surface area (Å²) in [4.78, 5) is 24.9. The van der Waals surface area contributed by atoms with Gasteiger partial charge < -0.3 is 10.1 Å². The molecule has 3 aliphatic rings. The molecule has 2 aromatic rings. The van der Waals surface area contributed by atoms with E-state index in [2.05, 4.69) is 16.1 Å². The number of aryl methyl sites for hydroxylation is 2. The molecule has 9 heteroatoms. The minimum atomic E-state index is -4.17. The fourth-order valence-electron chi connectivity index (χ4n) is 5.04. The second kappa shape index (κ2) is 6.85. The van der Waals surface area contributed by atoms with Gasteiger partial charge in [-0.3, -0.25) is 4.57 Å². The van der Waals surface area contributed by atoms with Crippen LogP contribution in [0.1, 0.15) is 54.6 Å². The quantitative estimate of drug-likeness (QED) is 0.757. The van der Waals surface area contributed by atoms with Crippen molar-refractivity contribution in [2.75, 3.05) is 5.32 Å². The number of hydrogen-bond acceptors (Lipinski definition) is 5. The van der Waals surface area contributed by atoms with Gasteiger partial charge in [-0.05, 0) is 80.7 Å². The average molecular weight is 444 g/mol. The van der Waals surface area contributed by atoms with Gasteiger partial charge >= 0.3 is 12.1 Å². The molecule has 2 heterocycles. The van der Waals surface area contributed by atoms with Crippen LogP contribution in [0.25, 0.3) is 0 Å². The highest BCUT2D eigenvalue weighted by molar-refractivity contribution is 7.90. The number of rotatable bonds is 3. The zero-order valence-electron chi connectivity index (χ0n) is 17.6. The Kier molecular flexibility index (Phi) is 4.44. The monoisotopic (exact) mass is 443 g/mol. The van der Waals surface area contributed by atoms with Gasteiger partial charge in [0.05, 0.1) is 5.69 Å². The number of ether oxygens (including phenoxy) is 1. The number of nitrogens with zero attached hydrogens (tertiary/aromatic N) is 1. The number of cyclic esters (lactones) is 1. The molecule has 31 heavy (non-hydrogen) atoms. The minimum absolute atomic E-state index is 0.0871. The molecule has 2 aliphatic carbocycles. The van der Waals surface area contributed by atoms with Crippen molar-refractivity contribution in [3.8, 4) is 0 Å². The molecule has 8 nitrogen and oxygen atoms in total. The smallest absolute Gasteiger partial charge is 0.418 e. The first-order chi connectivity index (χ1) is 14.6. The molecule has 2 N–H and O–H groups in total. The van der Waals surface area contributed by atoms with Crippen LogP contribution in [-0.4, -0.2) is 30.7 Å². The second-order valence-electron chi connectivity index (χ2n) is 9.09. The maximum Gasteiger partial charge on any atom is 0.418 e. The van der Waals surface area contributed by atoms with Crippen LogP contribution in [0.2, 0.25) is 0 Å². The van der Waals surface area contributed by atoms with Gasteiger partial charge in [-0.25, -0.2) is 22.7 Å². The van der Waals surface area contributed by atoms with Crippen molar-refractivity contribution in [3.63, 3.8) is 0 Å². The molecule has 5 rings (SSSR count). The van der Waals surface area contributed by atoms with E-state index in [1.54, 1.807) is 13.8 Å². The molecule has 0 spiro atoms. The third-order valence-electron chi connectivity index (χ3n) is 6.33. The van der Waals surface area contributed by atoms with Gasteiger partial charge in [-0.2, -0.15) is 0 Å². The van der Waals surface area contributed by atoms with Crippen LogP contribution < -0.4 is 10.0 Å². The van der Waals surface area contributed by atoms with Gasteiger partial charge in [-0.1, -0.05) is 6.07 Å². The van der Waals surface area contributed by atoms with Crippen LogP contribution in [-0.2, 0) is 46.9 Å². The predicted molar refractivity (Wildman–Crippen MR) is 114 cm³/mol. The first-order valence-corrected chi connectivity index (χ1v) is 12.1. The number of nitrogens with one attached hydrogen (secondary N) is 2. The van der Waals surface area contributed by atoms with Gasteiger partial charge in [0.25, 0.3) is 10.0 Å². The standard InChI is InChI=1S/C22H25N3O5S/c1-22(2)12-17-18(9-10-25(17)21(27)30-22)31(28,29)24-20(26)23-19-15-7-3-5-13(15)11-14-6-4-8-16(14)19/h9-11H,3-8,12H2,1-2H3,(H2,23,24,26). The Morgan fingerprint density at radius 3 is 2.39 bits per heavy atom. The molecular formula is C22H25N3O5S. The lowest BCUT2D eigenvalue weighted by atomic mass is 9.99. The molecule has 0 saturated heterocycles. The average Bonchev–Trinajstić information content (AvgIpc) is 3.38. The number of hydrogen-bond donors (Lipinski definition) is 2. The first-order valence-electron chi connectivity index (χ1n) is 10.6. The summed E-state index contributed by atoms with van der Waals surface area (Å²) in [7, 11) is -4.17. The summed E-state index contributed by atoms with van der Waals surface area (Å²) in [5.74, 6) is 0. The lowest BCUT2D eigenvalue weighted by Gasteiger charge is -2.30. The second-order valence-corrected chi connectivity index (χ2v) is 10.7. The summed E-state index contributed by atoms with van der Waals surface area (Å²) in [6, 6.07) is 2.79. The van der Waals surface area contributed by atoms with E-state index in [1.165, 1.54) is 28.0 Å². The predicted octanol–water partition coefficient (Wildman–Crippen LogP) is 3.30. The Balaban J connectivity index is 1.42. The third kappa shape index (κ3) is 3.40. The van der Waals surface area contributed by atoms with Gasteiger partial charge in [0.2, 0.25) is 0 Å². The molecule has 0 bridgehead atoms. The topological polar surface area (TPSA) is 106 Å². The molecule has 0 radical (unpaired) electrons. The Hall–Kier alpha value is -2.81. The van der Waals surface area contributed by atoms with Gasteiger partial charge in [-0.15, -0.1) is 0 Å². The number of sulfonamides is 1. The normalized spacial score (nSPS) is 18.7. The van der Waals surface area contributed by atoms with Gasteiger partial charge in [0, 0.05) is 18.3 Å². The van der Waals surface area contributed by atoms with Crippen molar-refractivity contribution in [1.29, 1.82) is 0 Å². The molecular weight excluding hydrogens is 418 g/mol. The van der Waals surface area contributed by atoms with E-state index in [0.717, 1.165) is 55.3 Å². The van der Waals surface area contributed by atoms with E-state index < -0.39 is 27.7 Å². The Morgan fingerprint density at radius 1 is 1.10 bits per heavy atom. The van der Waals surface area contributed by atoms with Gasteiger partial charge in [0.15, 0.2) is 0 Å². The highest BCUT2D eigenvalue weighted by Gasteiger charge is 2.37. The highest BCUT2D eigenvalue weighted by atomic mass is 32.2. The van der Waals surface area contributed by atoms with Crippen molar-refractivity contribution >= 4 is 27.8 Å². The van der Waals surface area contributed by atoms with Gasteiger partial charge in [0.1, 0.15) is 10.5 Å². The number of carbonyl (C=O) groups is 2. The summed E-state index contributed by atoms with van der Waals surface area (Å²) >= 11 is 0. The molecule has 0 saturated carbocycles. The number of urea groups is 1. The van der Waals surface area contributed by atoms with Crippen LogP contribution >= 0.6 is 0 Å². The molecule has 2 amide bonds. The number of carbonyl (C=O) groups excluding carboxylic acids is 2. The zero-order chi connectivity index (χ0) is 22.0. The number of amides is 2. The van der Waals surface area contributed by atoms with Crippen LogP contribution in [0.4, 0.5) is 15.3 Å². The van der Waals surface area contributed by atoms with Crippen LogP contribution in [0.5, 0.6) is 0 Å². The van der Waals surface area contributed by atoms with Crippen molar-refractivity contribution in [3.05, 3.63) is 46.3 Å². The summed E-state index contributed by atoms with van der Waals surface area (Å²) in [6.07, 6.45) is 6.77. The molecule has 164 valence electrons. The number of anilines is 1. The molecule has 1 aromatic carbocycles. The first kappa shape index (κ1) is 20.1. The zero-order valence-corrected chi connectivity index (χ0v) is 18.4. The summed E-state index contributed by atoms with van der Waals surface area (Å²) in [5.41, 5.74) is 5.00. The Labute approximate surface area is 181 Å². The third-order valence-corrected chi connectivity index (χ3v) is 7.74. The Bertz CT molecular complexity index is 1190. The Morgan fingerprint density at radius 2 is 1.74 bits per heavy atom. The minimum Gasteiger partial charge on any atom is -0.442 e. The van der Waals surface area contributed by atoms with Crippen molar-refractivity contribution in [1.82, 2.24) is 9.29 Å². The van der Waals surface area contributed by atoms with Crippen LogP contribution in [0.3, 0.4) is 0 Å². The summed E-state index contributed by atoms with van der Waals surface area (Å²) in [6.45, 7) is 3.43. The molecule has 0 atom stereocenters. The SMILES string of the molecule is CC1(C)Cc2c(S(=O)(=O)NC(=O)Nc3c4c(cc5c3CCC5)CCC4)ccn2C(=O)O1. The fourth-order valence-corrected chi connectivity index (χ4v) is 6.17. The van der Waals surface area contributed by atoms with E-state index in [1.807, 2.05) is 0 Å². The lowest BCUT2D eigenvalue weighted by Crippen LogP contribution is -2.40. The molecule has 0 unspecified atom stereocenters. The van der Waals surface area contributed by atoms with E-state index in [9.17, 15) is 18.0 Å². The van der Waals surface area contributed by atoms with E-state index in [-0.39, 0.29) is 11.3 Å². The lowest BCUT2D eigenvalue weighted by molar-refractivity contribution is 0.0255. The molecule has 1 aliphatic heterocycles. The van der Waals surface area contributed by atoms with E-state index in [4.69, 9.17) is 4.74 Å². The van der Waals surface area contributed by atoms with Crippen LogP contribution in [0, 0.1) is 0 Å². The maximum atomic E-state index is 13.0.